The van der Waals surface area contributed by atoms with E-state index in [0.717, 1.165) is 31.6 Å². The molecule has 2 heteroatoms. The van der Waals surface area contributed by atoms with Crippen molar-refractivity contribution in [2.75, 3.05) is 0 Å². The van der Waals surface area contributed by atoms with E-state index in [9.17, 15) is 0 Å². The highest BCUT2D eigenvalue weighted by atomic mass is 35.5. The summed E-state index contributed by atoms with van der Waals surface area (Å²) in [5, 5.41) is 5.85. The van der Waals surface area contributed by atoms with Crippen LogP contribution in [-0.2, 0) is 0 Å². The molecular formula is C14H8Cl2. The topological polar surface area (TPSA) is 0 Å². The van der Waals surface area contributed by atoms with Crippen LogP contribution in [0.4, 0.5) is 0 Å². The largest absolute Gasteiger partial charge is 0.0837 e. The first-order chi connectivity index (χ1) is 7.77. The van der Waals surface area contributed by atoms with Gasteiger partial charge in [0, 0.05) is 20.8 Å². The fourth-order valence-corrected chi connectivity index (χ4v) is 2.55. The van der Waals surface area contributed by atoms with E-state index in [0.29, 0.717) is 0 Å². The maximum Gasteiger partial charge on any atom is 0.0491 e. The second-order valence-corrected chi connectivity index (χ2v) is 4.55. The maximum absolute atomic E-state index is 6.25. The van der Waals surface area contributed by atoms with E-state index >= 15 is 0 Å². The van der Waals surface area contributed by atoms with E-state index in [1.54, 1.807) is 0 Å². The van der Waals surface area contributed by atoms with Crippen LogP contribution in [0.2, 0.25) is 10.0 Å². The molecule has 0 heterocycles. The predicted octanol–water partition coefficient (Wildman–Crippen LogP) is 5.30. The van der Waals surface area contributed by atoms with Crippen LogP contribution in [0.15, 0.2) is 48.5 Å². The third kappa shape index (κ3) is 1.38. The van der Waals surface area contributed by atoms with Crippen molar-refractivity contribution in [3.8, 4) is 0 Å². The lowest BCUT2D eigenvalue weighted by atomic mass is 10.0. The molecule has 0 N–H and O–H groups in total. The summed E-state index contributed by atoms with van der Waals surface area (Å²) in [6, 6.07) is 15.9. The molecule has 0 aliphatic rings. The van der Waals surface area contributed by atoms with Gasteiger partial charge in [-0.2, -0.15) is 0 Å². The minimum absolute atomic E-state index is 0.741. The van der Waals surface area contributed by atoms with Crippen LogP contribution in [0, 0.1) is 0 Å². The zero-order valence-corrected chi connectivity index (χ0v) is 9.89. The first kappa shape index (κ1) is 9.95. The summed E-state index contributed by atoms with van der Waals surface area (Å²) in [7, 11) is 0. The van der Waals surface area contributed by atoms with Crippen LogP contribution in [0.5, 0.6) is 0 Å². The van der Waals surface area contributed by atoms with Crippen LogP contribution in [0.25, 0.3) is 21.5 Å². The number of hydrogen-bond donors (Lipinski definition) is 0. The lowest BCUT2D eigenvalue weighted by Gasteiger charge is -2.07. The van der Waals surface area contributed by atoms with E-state index in [-0.39, 0.29) is 0 Å². The molecule has 0 amide bonds. The molecule has 3 aromatic rings. The lowest BCUT2D eigenvalue weighted by Crippen LogP contribution is -1.79. The molecule has 0 saturated heterocycles. The van der Waals surface area contributed by atoms with Gasteiger partial charge in [0.15, 0.2) is 0 Å². The van der Waals surface area contributed by atoms with Crippen molar-refractivity contribution in [1.82, 2.24) is 0 Å². The van der Waals surface area contributed by atoms with Crippen LogP contribution in [0.3, 0.4) is 0 Å². The highest BCUT2D eigenvalue weighted by Gasteiger charge is 2.06. The molecule has 0 saturated carbocycles. The average molecular weight is 247 g/mol. The third-order valence-electron chi connectivity index (χ3n) is 2.80. The Morgan fingerprint density at radius 3 is 2.00 bits per heavy atom. The van der Waals surface area contributed by atoms with Gasteiger partial charge < -0.3 is 0 Å². The van der Waals surface area contributed by atoms with E-state index in [2.05, 4.69) is 12.1 Å². The fourth-order valence-electron chi connectivity index (χ4n) is 2.05. The molecule has 0 nitrogen and oxygen atoms in total. The van der Waals surface area contributed by atoms with Gasteiger partial charge >= 0.3 is 0 Å². The molecule has 0 aliphatic carbocycles. The molecule has 3 rings (SSSR count). The first-order valence-electron chi connectivity index (χ1n) is 5.03. The van der Waals surface area contributed by atoms with Gasteiger partial charge in [-0.3, -0.25) is 0 Å². The van der Waals surface area contributed by atoms with Gasteiger partial charge in [-0.15, -0.1) is 0 Å². The molecule has 0 fully saturated rings. The van der Waals surface area contributed by atoms with Crippen molar-refractivity contribution in [3.05, 3.63) is 58.6 Å². The molecular weight excluding hydrogens is 239 g/mol. The van der Waals surface area contributed by atoms with Crippen molar-refractivity contribution < 1.29 is 0 Å². The molecule has 0 radical (unpaired) electrons. The Hall–Kier alpha value is -1.24. The highest BCUT2D eigenvalue weighted by molar-refractivity contribution is 6.40. The number of benzene rings is 3. The van der Waals surface area contributed by atoms with Gasteiger partial charge in [0.2, 0.25) is 0 Å². The summed E-state index contributed by atoms with van der Waals surface area (Å²) in [5.74, 6) is 0. The number of halogens is 2. The quantitative estimate of drug-likeness (QED) is 0.473. The summed E-state index contributed by atoms with van der Waals surface area (Å²) < 4.78 is 0. The molecule has 0 atom stereocenters. The molecule has 0 unspecified atom stereocenters. The van der Waals surface area contributed by atoms with E-state index < -0.39 is 0 Å². The van der Waals surface area contributed by atoms with E-state index in [1.807, 2.05) is 36.4 Å². The molecule has 78 valence electrons. The molecule has 3 aromatic carbocycles. The third-order valence-corrected chi connectivity index (χ3v) is 3.44. The van der Waals surface area contributed by atoms with Gasteiger partial charge in [-0.05, 0) is 22.9 Å². The monoisotopic (exact) mass is 246 g/mol. The lowest BCUT2D eigenvalue weighted by molar-refractivity contribution is 1.76. The van der Waals surface area contributed by atoms with Crippen LogP contribution < -0.4 is 0 Å². The van der Waals surface area contributed by atoms with Gasteiger partial charge in [0.25, 0.3) is 0 Å². The van der Waals surface area contributed by atoms with Crippen molar-refractivity contribution in [3.63, 3.8) is 0 Å². The van der Waals surface area contributed by atoms with Crippen molar-refractivity contribution in [1.29, 1.82) is 0 Å². The van der Waals surface area contributed by atoms with Gasteiger partial charge in [0.05, 0.1) is 0 Å². The maximum atomic E-state index is 6.25. The zero-order chi connectivity index (χ0) is 11.1. The second-order valence-electron chi connectivity index (χ2n) is 3.74. The van der Waals surface area contributed by atoms with Gasteiger partial charge in [0.1, 0.15) is 0 Å². The van der Waals surface area contributed by atoms with Gasteiger partial charge in [-0.25, -0.2) is 0 Å². The smallest absolute Gasteiger partial charge is 0.0491 e. The zero-order valence-electron chi connectivity index (χ0n) is 8.37. The average Bonchev–Trinajstić information content (AvgIpc) is 2.31. The van der Waals surface area contributed by atoms with E-state index in [1.165, 1.54) is 0 Å². The summed E-state index contributed by atoms with van der Waals surface area (Å²) in [4.78, 5) is 0. The Labute approximate surface area is 103 Å². The Bertz CT molecular complexity index is 681. The van der Waals surface area contributed by atoms with Crippen LogP contribution in [0.1, 0.15) is 0 Å². The number of fused-ring (bicyclic) bond motifs is 3. The molecule has 16 heavy (non-hydrogen) atoms. The Morgan fingerprint density at radius 2 is 1.19 bits per heavy atom. The van der Waals surface area contributed by atoms with Crippen molar-refractivity contribution in [2.24, 2.45) is 0 Å². The minimum atomic E-state index is 0.741. The minimum Gasteiger partial charge on any atom is -0.0837 e. The molecule has 0 aliphatic heterocycles. The summed E-state index contributed by atoms with van der Waals surface area (Å²) in [6.07, 6.45) is 0. The Morgan fingerprint density at radius 1 is 0.562 bits per heavy atom. The molecule has 0 bridgehead atoms. The molecule has 0 spiro atoms. The number of hydrogen-bond acceptors (Lipinski definition) is 0. The van der Waals surface area contributed by atoms with E-state index in [4.69, 9.17) is 23.2 Å². The summed E-state index contributed by atoms with van der Waals surface area (Å²) >= 11 is 12.4. The standard InChI is InChI=1S/C14H8Cl2/c15-13-7-3-6-10-9-4-1-2-5-11(9)14(16)8-12(10)13/h1-8H. The van der Waals surface area contributed by atoms with Crippen LogP contribution >= 0.6 is 23.2 Å². The normalized spacial score (nSPS) is 11.1. The summed E-state index contributed by atoms with van der Waals surface area (Å²) in [5.41, 5.74) is 0. The first-order valence-corrected chi connectivity index (χ1v) is 5.78. The second kappa shape index (κ2) is 3.65. The van der Waals surface area contributed by atoms with Gasteiger partial charge in [-0.1, -0.05) is 59.6 Å². The number of rotatable bonds is 0. The highest BCUT2D eigenvalue weighted by Crippen LogP contribution is 2.34. The summed E-state index contributed by atoms with van der Waals surface area (Å²) in [6.45, 7) is 0. The molecule has 0 aromatic heterocycles. The van der Waals surface area contributed by atoms with Crippen LogP contribution in [-0.4, -0.2) is 0 Å². The Balaban J connectivity index is 2.64. The predicted molar refractivity (Wildman–Crippen MR) is 71.5 cm³/mol. The Kier molecular flexibility index (Phi) is 2.27. The fraction of sp³-hybridized carbons (Fsp3) is 0. The van der Waals surface area contributed by atoms with Crippen molar-refractivity contribution in [2.45, 2.75) is 0 Å². The SMILES string of the molecule is Clc1cc2c(Cl)cccc2c2ccccc12. The van der Waals surface area contributed by atoms with Crippen molar-refractivity contribution >= 4 is 44.7 Å².